The van der Waals surface area contributed by atoms with Gasteiger partial charge in [0.15, 0.2) is 9.84 Å². The number of nitrogens with zero attached hydrogens (tertiary/aromatic N) is 4. The van der Waals surface area contributed by atoms with E-state index in [1.54, 1.807) is 53.9 Å². The second kappa shape index (κ2) is 9.58. The number of hydrogen-bond acceptors (Lipinski definition) is 6. The summed E-state index contributed by atoms with van der Waals surface area (Å²) in [6.45, 7) is 0.373. The van der Waals surface area contributed by atoms with Gasteiger partial charge in [0.05, 0.1) is 10.6 Å². The smallest absolute Gasteiger partial charge is 0.244 e. The molecule has 4 rings (SSSR count). The fourth-order valence-corrected chi connectivity index (χ4v) is 3.76. The van der Waals surface area contributed by atoms with Crippen LogP contribution in [0.2, 0.25) is 0 Å². The van der Waals surface area contributed by atoms with Crippen molar-refractivity contribution in [3.05, 3.63) is 96.7 Å². The Bertz CT molecular complexity index is 1380. The lowest BCUT2D eigenvalue weighted by atomic mass is 10.1. The zero-order valence-corrected chi connectivity index (χ0v) is 18.6. The molecule has 0 fully saturated rings. The predicted molar refractivity (Wildman–Crippen MR) is 125 cm³/mol. The molecule has 166 valence electrons. The number of nitrogens with one attached hydrogen (secondary N) is 1. The van der Waals surface area contributed by atoms with Gasteiger partial charge in [0.2, 0.25) is 5.91 Å². The van der Waals surface area contributed by atoms with Crippen molar-refractivity contribution in [2.45, 2.75) is 11.4 Å². The minimum Gasteiger partial charge on any atom is -0.348 e. The molecule has 3 aromatic heterocycles. The zero-order valence-electron chi connectivity index (χ0n) is 17.8. The number of amides is 1. The first kappa shape index (κ1) is 22.1. The average molecular weight is 460 g/mol. The van der Waals surface area contributed by atoms with Crippen LogP contribution in [0.15, 0.2) is 90.5 Å². The standard InChI is InChI=1S/C24H21N5O3S/c1-33(31,32)22-9-7-21(8-10-22)29-17-20(24(28-29)19-5-3-13-26-16-19)6-11-23(30)27-15-18-4-2-12-25-14-18/h2-14,16-17H,15H2,1H3,(H,27,30)/b11-6+. The van der Waals surface area contributed by atoms with Gasteiger partial charge in [-0.05, 0) is 54.1 Å². The van der Waals surface area contributed by atoms with Crippen LogP contribution in [0.25, 0.3) is 23.0 Å². The molecule has 1 amide bonds. The summed E-state index contributed by atoms with van der Waals surface area (Å²) in [6, 6.07) is 13.8. The highest BCUT2D eigenvalue weighted by atomic mass is 32.2. The molecule has 8 nitrogen and oxygen atoms in total. The van der Waals surface area contributed by atoms with Crippen LogP contribution in [-0.4, -0.2) is 40.3 Å². The number of carbonyl (C=O) groups excluding carboxylic acids is 1. The fourth-order valence-electron chi connectivity index (χ4n) is 3.13. The maximum absolute atomic E-state index is 12.3. The summed E-state index contributed by atoms with van der Waals surface area (Å²) in [4.78, 5) is 20.8. The van der Waals surface area contributed by atoms with Crippen LogP contribution in [0.5, 0.6) is 0 Å². The number of pyridine rings is 2. The Hall–Kier alpha value is -4.11. The van der Waals surface area contributed by atoms with Gasteiger partial charge >= 0.3 is 0 Å². The van der Waals surface area contributed by atoms with Crippen LogP contribution in [0, 0.1) is 0 Å². The molecule has 0 bridgehead atoms. The summed E-state index contributed by atoms with van der Waals surface area (Å²) in [7, 11) is -3.29. The van der Waals surface area contributed by atoms with E-state index in [4.69, 9.17) is 0 Å². The van der Waals surface area contributed by atoms with E-state index < -0.39 is 9.84 Å². The number of aromatic nitrogens is 4. The van der Waals surface area contributed by atoms with Crippen molar-refractivity contribution in [2.24, 2.45) is 0 Å². The van der Waals surface area contributed by atoms with E-state index in [9.17, 15) is 13.2 Å². The van der Waals surface area contributed by atoms with Crippen molar-refractivity contribution in [2.75, 3.05) is 6.26 Å². The van der Waals surface area contributed by atoms with E-state index >= 15 is 0 Å². The van der Waals surface area contributed by atoms with Crippen molar-refractivity contribution in [3.63, 3.8) is 0 Å². The second-order valence-corrected chi connectivity index (χ2v) is 9.31. The summed E-state index contributed by atoms with van der Waals surface area (Å²) < 4.78 is 25.1. The Morgan fingerprint density at radius 3 is 2.39 bits per heavy atom. The molecule has 1 aromatic carbocycles. The van der Waals surface area contributed by atoms with Gasteiger partial charge in [-0.1, -0.05) is 6.07 Å². The summed E-state index contributed by atoms with van der Waals surface area (Å²) in [5.74, 6) is -0.249. The topological polar surface area (TPSA) is 107 Å². The molecule has 0 radical (unpaired) electrons. The molecule has 33 heavy (non-hydrogen) atoms. The molecule has 1 N–H and O–H groups in total. The molecule has 0 aliphatic rings. The lowest BCUT2D eigenvalue weighted by molar-refractivity contribution is -0.116. The van der Waals surface area contributed by atoms with Crippen LogP contribution in [0.3, 0.4) is 0 Å². The van der Waals surface area contributed by atoms with Gasteiger partial charge in [-0.15, -0.1) is 0 Å². The van der Waals surface area contributed by atoms with Crippen molar-refractivity contribution >= 4 is 21.8 Å². The van der Waals surface area contributed by atoms with E-state index in [1.165, 1.54) is 24.5 Å². The van der Waals surface area contributed by atoms with Crippen LogP contribution >= 0.6 is 0 Å². The first-order chi connectivity index (χ1) is 15.9. The lowest BCUT2D eigenvalue weighted by Gasteiger charge is -2.03. The second-order valence-electron chi connectivity index (χ2n) is 7.30. The zero-order chi connectivity index (χ0) is 23.3. The number of sulfone groups is 1. The van der Waals surface area contributed by atoms with Crippen LogP contribution in [0.1, 0.15) is 11.1 Å². The number of rotatable bonds is 7. The molecular weight excluding hydrogens is 438 g/mol. The molecule has 9 heteroatoms. The quantitative estimate of drug-likeness (QED) is 0.426. The summed E-state index contributed by atoms with van der Waals surface area (Å²) in [6.07, 6.45) is 12.8. The molecule has 0 aliphatic carbocycles. The van der Waals surface area contributed by atoms with Crippen molar-refractivity contribution < 1.29 is 13.2 Å². The van der Waals surface area contributed by atoms with Crippen LogP contribution in [0.4, 0.5) is 0 Å². The Morgan fingerprint density at radius 2 is 1.76 bits per heavy atom. The number of carbonyl (C=O) groups is 1. The van der Waals surface area contributed by atoms with Gasteiger partial charge in [0.25, 0.3) is 0 Å². The number of benzene rings is 1. The van der Waals surface area contributed by atoms with Crippen molar-refractivity contribution in [3.8, 4) is 16.9 Å². The van der Waals surface area contributed by atoms with E-state index in [0.717, 1.165) is 11.1 Å². The molecule has 0 unspecified atom stereocenters. The van der Waals surface area contributed by atoms with E-state index in [0.29, 0.717) is 23.5 Å². The minimum absolute atomic E-state index is 0.233. The molecule has 3 heterocycles. The Labute approximate surface area is 191 Å². The lowest BCUT2D eigenvalue weighted by Crippen LogP contribution is -2.20. The molecule has 0 aliphatic heterocycles. The van der Waals surface area contributed by atoms with Gasteiger partial charge in [-0.2, -0.15) is 5.10 Å². The summed E-state index contributed by atoms with van der Waals surface area (Å²) in [5.41, 5.74) is 3.74. The Morgan fingerprint density at radius 1 is 1.03 bits per heavy atom. The Kier molecular flexibility index (Phi) is 6.41. The van der Waals surface area contributed by atoms with E-state index in [1.807, 2.05) is 24.3 Å². The van der Waals surface area contributed by atoms with Gasteiger partial charge < -0.3 is 5.32 Å². The van der Waals surface area contributed by atoms with Crippen LogP contribution < -0.4 is 5.32 Å². The van der Waals surface area contributed by atoms with Gasteiger partial charge in [0, 0.05) is 61.0 Å². The third-order valence-electron chi connectivity index (χ3n) is 4.81. The van der Waals surface area contributed by atoms with E-state index in [2.05, 4.69) is 20.4 Å². The third kappa shape index (κ3) is 5.58. The van der Waals surface area contributed by atoms with Crippen LogP contribution in [-0.2, 0) is 21.2 Å². The highest BCUT2D eigenvalue weighted by Gasteiger charge is 2.12. The average Bonchev–Trinajstić information content (AvgIpc) is 3.26. The first-order valence-corrected chi connectivity index (χ1v) is 11.9. The predicted octanol–water partition coefficient (Wildman–Crippen LogP) is 3.06. The number of hydrogen-bond donors (Lipinski definition) is 1. The molecule has 4 aromatic rings. The molecule has 0 saturated heterocycles. The minimum atomic E-state index is -3.29. The molecule has 0 spiro atoms. The van der Waals surface area contributed by atoms with Crippen molar-refractivity contribution in [1.82, 2.24) is 25.1 Å². The molecule has 0 atom stereocenters. The Balaban J connectivity index is 1.60. The monoisotopic (exact) mass is 459 g/mol. The maximum atomic E-state index is 12.3. The highest BCUT2D eigenvalue weighted by molar-refractivity contribution is 7.90. The summed E-state index contributed by atoms with van der Waals surface area (Å²) in [5, 5.41) is 7.48. The van der Waals surface area contributed by atoms with Gasteiger partial charge in [-0.3, -0.25) is 14.8 Å². The SMILES string of the molecule is CS(=O)(=O)c1ccc(-n2cc(/C=C/C(=O)NCc3cccnc3)c(-c3cccnc3)n2)cc1. The van der Waals surface area contributed by atoms with E-state index in [-0.39, 0.29) is 10.8 Å². The largest absolute Gasteiger partial charge is 0.348 e. The van der Waals surface area contributed by atoms with Gasteiger partial charge in [0.1, 0.15) is 5.69 Å². The fraction of sp³-hybridized carbons (Fsp3) is 0.0833. The molecule has 0 saturated carbocycles. The third-order valence-corrected chi connectivity index (χ3v) is 5.94. The highest BCUT2D eigenvalue weighted by Crippen LogP contribution is 2.24. The van der Waals surface area contributed by atoms with Gasteiger partial charge in [-0.25, -0.2) is 13.1 Å². The first-order valence-electron chi connectivity index (χ1n) is 10.1. The normalized spacial score (nSPS) is 11.5. The molecular formula is C24H21N5O3S. The maximum Gasteiger partial charge on any atom is 0.244 e. The summed E-state index contributed by atoms with van der Waals surface area (Å²) >= 11 is 0. The van der Waals surface area contributed by atoms with Crippen molar-refractivity contribution in [1.29, 1.82) is 0 Å².